The van der Waals surface area contributed by atoms with Gasteiger partial charge in [0.25, 0.3) is 0 Å². The minimum atomic E-state index is -0.359. The number of ether oxygens (including phenoxy) is 1. The van der Waals surface area contributed by atoms with Crippen LogP contribution in [0.1, 0.15) is 76.3 Å². The summed E-state index contributed by atoms with van der Waals surface area (Å²) in [7, 11) is 2.27. The van der Waals surface area contributed by atoms with E-state index in [1.807, 2.05) is 42.5 Å². The van der Waals surface area contributed by atoms with E-state index in [0.717, 1.165) is 55.8 Å². The zero-order valence-corrected chi connectivity index (χ0v) is 27.3. The first-order valence-corrected chi connectivity index (χ1v) is 17.1. The van der Waals surface area contributed by atoms with Gasteiger partial charge in [0, 0.05) is 24.7 Å². The van der Waals surface area contributed by atoms with E-state index in [1.165, 1.54) is 61.3 Å². The fourth-order valence-corrected chi connectivity index (χ4v) is 6.63. The minimum Gasteiger partial charge on any atom is -0.446 e. The molecular formula is C40H51N3O2. The number of fused-ring (bicyclic) bond motifs is 1. The van der Waals surface area contributed by atoms with Crippen molar-refractivity contribution >= 4 is 22.6 Å². The zero-order valence-electron chi connectivity index (χ0n) is 27.3. The van der Waals surface area contributed by atoms with Crippen LogP contribution in [0, 0.1) is 0 Å². The SMILES string of the molecule is CC(c1cccc2ccccc12)N(C)CCCCCCCCCN1CCC(OC(=O)Nc2ccccc2-c2ccccc2)CC1. The van der Waals surface area contributed by atoms with Crippen LogP contribution in [-0.2, 0) is 4.74 Å². The van der Waals surface area contributed by atoms with Crippen molar-refractivity contribution in [3.63, 3.8) is 0 Å². The molecule has 0 bridgehead atoms. The lowest BCUT2D eigenvalue weighted by Gasteiger charge is -2.31. The summed E-state index contributed by atoms with van der Waals surface area (Å²) in [6.45, 7) is 6.64. The summed E-state index contributed by atoms with van der Waals surface area (Å²) in [5.74, 6) is 0. The largest absolute Gasteiger partial charge is 0.446 e. The van der Waals surface area contributed by atoms with Crippen LogP contribution in [0.5, 0.6) is 0 Å². The van der Waals surface area contributed by atoms with Crippen LogP contribution in [0.25, 0.3) is 21.9 Å². The van der Waals surface area contributed by atoms with Crippen molar-refractivity contribution in [1.29, 1.82) is 0 Å². The average molecular weight is 606 g/mol. The van der Waals surface area contributed by atoms with Crippen molar-refractivity contribution < 1.29 is 9.53 Å². The smallest absolute Gasteiger partial charge is 0.411 e. The second-order valence-electron chi connectivity index (χ2n) is 12.7. The number of carbonyl (C=O) groups excluding carboxylic acids is 1. The van der Waals surface area contributed by atoms with Crippen LogP contribution in [0.3, 0.4) is 0 Å². The zero-order chi connectivity index (χ0) is 31.3. The summed E-state index contributed by atoms with van der Waals surface area (Å²) in [6.07, 6.45) is 10.6. The molecule has 1 fully saturated rings. The van der Waals surface area contributed by atoms with Crippen LogP contribution in [0.2, 0.25) is 0 Å². The van der Waals surface area contributed by atoms with Gasteiger partial charge < -0.3 is 9.64 Å². The fraction of sp³-hybridized carbons (Fsp3) is 0.425. The van der Waals surface area contributed by atoms with Crippen LogP contribution in [-0.4, -0.2) is 55.2 Å². The van der Waals surface area contributed by atoms with Gasteiger partial charge in [-0.3, -0.25) is 10.2 Å². The van der Waals surface area contributed by atoms with Crippen molar-refractivity contribution in [2.24, 2.45) is 0 Å². The molecule has 5 rings (SSSR count). The van der Waals surface area contributed by atoms with Crippen LogP contribution < -0.4 is 5.32 Å². The highest BCUT2D eigenvalue weighted by Crippen LogP contribution is 2.29. The Kier molecular flexibility index (Phi) is 12.5. The maximum absolute atomic E-state index is 12.7. The van der Waals surface area contributed by atoms with Crippen molar-refractivity contribution in [3.05, 3.63) is 103 Å². The molecule has 4 aromatic carbocycles. The molecule has 5 heteroatoms. The molecular weight excluding hydrogens is 554 g/mol. The number of carbonyl (C=O) groups is 1. The highest BCUT2D eigenvalue weighted by molar-refractivity contribution is 5.91. The predicted molar refractivity (Wildman–Crippen MR) is 189 cm³/mol. The predicted octanol–water partition coefficient (Wildman–Crippen LogP) is 9.94. The number of amides is 1. The van der Waals surface area contributed by atoms with Crippen molar-refractivity contribution in [1.82, 2.24) is 9.80 Å². The van der Waals surface area contributed by atoms with E-state index in [-0.39, 0.29) is 12.2 Å². The second kappa shape index (κ2) is 17.1. The molecule has 0 aliphatic carbocycles. The van der Waals surface area contributed by atoms with E-state index in [1.54, 1.807) is 0 Å². The van der Waals surface area contributed by atoms with Gasteiger partial charge >= 0.3 is 6.09 Å². The molecule has 1 saturated heterocycles. The van der Waals surface area contributed by atoms with E-state index < -0.39 is 0 Å². The number of piperidine rings is 1. The molecule has 1 aliphatic heterocycles. The van der Waals surface area contributed by atoms with Gasteiger partial charge in [0.05, 0.1) is 5.69 Å². The van der Waals surface area contributed by atoms with E-state index in [0.29, 0.717) is 6.04 Å². The number of benzene rings is 4. The number of hydrogen-bond donors (Lipinski definition) is 1. The quantitative estimate of drug-likeness (QED) is 0.137. The molecule has 1 aliphatic rings. The Morgan fingerprint density at radius 2 is 1.44 bits per heavy atom. The van der Waals surface area contributed by atoms with Crippen LogP contribution >= 0.6 is 0 Å². The topological polar surface area (TPSA) is 44.8 Å². The lowest BCUT2D eigenvalue weighted by molar-refractivity contribution is 0.0585. The van der Waals surface area contributed by atoms with Gasteiger partial charge in [0.1, 0.15) is 6.10 Å². The molecule has 1 heterocycles. The van der Waals surface area contributed by atoms with E-state index >= 15 is 0 Å². The number of hydrogen-bond acceptors (Lipinski definition) is 4. The highest BCUT2D eigenvalue weighted by atomic mass is 16.6. The first kappa shape index (κ1) is 32.7. The summed E-state index contributed by atoms with van der Waals surface area (Å²) in [5.41, 5.74) is 4.29. The third-order valence-corrected chi connectivity index (χ3v) is 9.48. The molecule has 0 aromatic heterocycles. The Hall–Kier alpha value is -3.67. The van der Waals surface area contributed by atoms with E-state index in [2.05, 4.69) is 83.7 Å². The number of likely N-dealkylation sites (tertiary alicyclic amines) is 1. The lowest BCUT2D eigenvalue weighted by Crippen LogP contribution is -2.38. The number of nitrogens with one attached hydrogen (secondary N) is 1. The van der Waals surface area contributed by atoms with Gasteiger partial charge in [-0.15, -0.1) is 0 Å². The maximum Gasteiger partial charge on any atom is 0.411 e. The summed E-state index contributed by atoms with van der Waals surface area (Å²) in [5, 5.41) is 5.68. The number of nitrogens with zero attached hydrogens (tertiary/aromatic N) is 2. The summed E-state index contributed by atoms with van der Waals surface area (Å²) >= 11 is 0. The third kappa shape index (κ3) is 9.66. The Morgan fingerprint density at radius 1 is 0.800 bits per heavy atom. The standard InChI is InChI=1S/C40H51N3O2/c1-32(36-24-17-21-33-20-11-12-22-37(33)36)42(2)28-15-6-4-3-5-7-16-29-43-30-26-35(27-31-43)45-40(44)41-39-25-14-13-23-38(39)34-18-9-8-10-19-34/h8-14,17-25,32,35H,3-7,15-16,26-31H2,1-2H3,(H,41,44). The first-order chi connectivity index (χ1) is 22.1. The van der Waals surface area contributed by atoms with Crippen molar-refractivity contribution in [2.45, 2.75) is 76.9 Å². The normalized spacial score (nSPS) is 14.9. The molecule has 1 unspecified atom stereocenters. The van der Waals surface area contributed by atoms with E-state index in [4.69, 9.17) is 4.74 Å². The molecule has 0 radical (unpaired) electrons. The Balaban J connectivity index is 0.896. The minimum absolute atomic E-state index is 0.0146. The summed E-state index contributed by atoms with van der Waals surface area (Å²) in [6, 6.07) is 33.8. The monoisotopic (exact) mass is 605 g/mol. The molecule has 1 amide bonds. The molecule has 1 atom stereocenters. The maximum atomic E-state index is 12.7. The summed E-state index contributed by atoms with van der Waals surface area (Å²) < 4.78 is 5.81. The Bertz CT molecular complexity index is 1460. The van der Waals surface area contributed by atoms with Crippen LogP contribution in [0.4, 0.5) is 10.5 Å². The fourth-order valence-electron chi connectivity index (χ4n) is 6.63. The van der Waals surface area contributed by atoms with Gasteiger partial charge in [-0.05, 0) is 80.7 Å². The average Bonchev–Trinajstić information content (AvgIpc) is 3.08. The molecule has 1 N–H and O–H groups in total. The first-order valence-electron chi connectivity index (χ1n) is 17.1. The van der Waals surface area contributed by atoms with E-state index in [9.17, 15) is 4.79 Å². The molecule has 238 valence electrons. The molecule has 0 saturated carbocycles. The van der Waals surface area contributed by atoms with Gasteiger partial charge in [-0.1, -0.05) is 123 Å². The Labute approximate surface area is 270 Å². The molecule has 4 aromatic rings. The Morgan fingerprint density at radius 3 is 2.24 bits per heavy atom. The van der Waals surface area contributed by atoms with Gasteiger partial charge in [-0.25, -0.2) is 4.79 Å². The highest BCUT2D eigenvalue weighted by Gasteiger charge is 2.22. The van der Waals surface area contributed by atoms with Gasteiger partial charge in [0.2, 0.25) is 0 Å². The number of anilines is 1. The molecule has 0 spiro atoms. The van der Waals surface area contributed by atoms with Gasteiger partial charge in [-0.2, -0.15) is 0 Å². The number of unbranched alkanes of at least 4 members (excludes halogenated alkanes) is 6. The third-order valence-electron chi connectivity index (χ3n) is 9.48. The van der Waals surface area contributed by atoms with Crippen molar-refractivity contribution in [3.8, 4) is 11.1 Å². The van der Waals surface area contributed by atoms with Crippen LogP contribution in [0.15, 0.2) is 97.1 Å². The number of para-hydroxylation sites is 1. The lowest BCUT2D eigenvalue weighted by atomic mass is 9.98. The van der Waals surface area contributed by atoms with Gasteiger partial charge in [0.15, 0.2) is 0 Å². The molecule has 5 nitrogen and oxygen atoms in total. The van der Waals surface area contributed by atoms with Crippen molar-refractivity contribution in [2.75, 3.05) is 38.5 Å². The summed E-state index contributed by atoms with van der Waals surface area (Å²) in [4.78, 5) is 17.7. The number of rotatable bonds is 15. The molecule has 45 heavy (non-hydrogen) atoms. The second-order valence-corrected chi connectivity index (χ2v) is 12.7.